The van der Waals surface area contributed by atoms with E-state index >= 15 is 0 Å². The fraction of sp³-hybridized carbons (Fsp3) is 0.471. The van der Waals surface area contributed by atoms with Crippen molar-refractivity contribution in [1.82, 2.24) is 0 Å². The van der Waals surface area contributed by atoms with Crippen LogP contribution >= 0.6 is 11.6 Å². The van der Waals surface area contributed by atoms with E-state index in [-0.39, 0.29) is 5.41 Å². The molecule has 0 amide bonds. The summed E-state index contributed by atoms with van der Waals surface area (Å²) in [5, 5.41) is 0.722. The molecule has 0 N–H and O–H groups in total. The molecule has 2 rings (SSSR count). The second kappa shape index (κ2) is 6.55. The number of ether oxygens (including phenoxy) is 1. The minimum Gasteiger partial charge on any atom is -0.384 e. The number of halogens is 1. The van der Waals surface area contributed by atoms with Gasteiger partial charge in [0.05, 0.1) is 6.61 Å². The summed E-state index contributed by atoms with van der Waals surface area (Å²) in [6, 6.07) is 7.75. The number of hydrogen-bond donors (Lipinski definition) is 0. The third-order valence-electron chi connectivity index (χ3n) is 4.39. The number of rotatable bonds is 5. The predicted octanol–water partition coefficient (Wildman–Crippen LogP) is 4.52. The lowest BCUT2D eigenvalue weighted by Gasteiger charge is -2.37. The van der Waals surface area contributed by atoms with E-state index in [2.05, 4.69) is 6.92 Å². The van der Waals surface area contributed by atoms with Gasteiger partial charge < -0.3 is 4.74 Å². The van der Waals surface area contributed by atoms with Crippen molar-refractivity contribution in [2.45, 2.75) is 32.6 Å². The van der Waals surface area contributed by atoms with Crippen molar-refractivity contribution in [3.63, 3.8) is 0 Å². The zero-order valence-corrected chi connectivity index (χ0v) is 12.9. The van der Waals surface area contributed by atoms with Crippen LogP contribution in [0.25, 0.3) is 5.57 Å². The van der Waals surface area contributed by atoms with Gasteiger partial charge in [0.1, 0.15) is 6.29 Å². The first-order chi connectivity index (χ1) is 9.64. The number of carbonyl (C=O) groups is 1. The Morgan fingerprint density at radius 1 is 1.35 bits per heavy atom. The third kappa shape index (κ3) is 3.13. The summed E-state index contributed by atoms with van der Waals surface area (Å²) in [6.45, 7) is 2.89. The molecule has 108 valence electrons. The summed E-state index contributed by atoms with van der Waals surface area (Å²) in [5.74, 6) is 0. The molecule has 1 atom stereocenters. The zero-order chi connectivity index (χ0) is 14.6. The van der Waals surface area contributed by atoms with Gasteiger partial charge in [0, 0.05) is 12.1 Å². The second-order valence-corrected chi connectivity index (χ2v) is 6.03. The van der Waals surface area contributed by atoms with E-state index in [4.69, 9.17) is 16.3 Å². The molecule has 0 fully saturated rings. The van der Waals surface area contributed by atoms with Crippen molar-refractivity contribution in [2.75, 3.05) is 13.7 Å². The summed E-state index contributed by atoms with van der Waals surface area (Å²) < 4.78 is 5.37. The average Bonchev–Trinajstić information content (AvgIpc) is 2.48. The van der Waals surface area contributed by atoms with E-state index in [0.717, 1.165) is 60.3 Å². The lowest BCUT2D eigenvalue weighted by Crippen LogP contribution is -2.30. The Morgan fingerprint density at radius 3 is 2.60 bits per heavy atom. The topological polar surface area (TPSA) is 26.3 Å². The summed E-state index contributed by atoms with van der Waals surface area (Å²) in [4.78, 5) is 11.5. The molecule has 1 aliphatic rings. The molecule has 0 bridgehead atoms. The summed E-state index contributed by atoms with van der Waals surface area (Å²) in [6.07, 6.45) is 4.84. The SMILES string of the molecule is CCC1(COC)CCC(c2ccc(Cl)cc2)=C(C=O)C1. The molecular weight excluding hydrogens is 272 g/mol. The van der Waals surface area contributed by atoms with Crippen molar-refractivity contribution < 1.29 is 9.53 Å². The number of hydrogen-bond acceptors (Lipinski definition) is 2. The maximum Gasteiger partial charge on any atom is 0.146 e. The van der Waals surface area contributed by atoms with Gasteiger partial charge >= 0.3 is 0 Å². The summed E-state index contributed by atoms with van der Waals surface area (Å²) in [5.41, 5.74) is 3.30. The first-order valence-corrected chi connectivity index (χ1v) is 7.44. The number of benzene rings is 1. The minimum absolute atomic E-state index is 0.112. The Morgan fingerprint density at radius 2 is 2.05 bits per heavy atom. The molecule has 0 heterocycles. The predicted molar refractivity (Wildman–Crippen MR) is 82.9 cm³/mol. The van der Waals surface area contributed by atoms with E-state index in [1.165, 1.54) is 0 Å². The van der Waals surface area contributed by atoms with E-state index in [0.29, 0.717) is 0 Å². The van der Waals surface area contributed by atoms with Gasteiger partial charge in [-0.15, -0.1) is 0 Å². The molecule has 1 aliphatic carbocycles. The molecule has 1 unspecified atom stereocenters. The molecule has 0 saturated carbocycles. The van der Waals surface area contributed by atoms with Crippen molar-refractivity contribution >= 4 is 23.5 Å². The normalized spacial score (nSPS) is 22.9. The van der Waals surface area contributed by atoms with E-state index in [9.17, 15) is 4.79 Å². The van der Waals surface area contributed by atoms with Crippen LogP contribution in [-0.4, -0.2) is 20.0 Å². The van der Waals surface area contributed by atoms with Crippen molar-refractivity contribution in [2.24, 2.45) is 5.41 Å². The number of allylic oxidation sites excluding steroid dienone is 2. The average molecular weight is 293 g/mol. The Bertz CT molecular complexity index is 504. The van der Waals surface area contributed by atoms with Gasteiger partial charge in [-0.2, -0.15) is 0 Å². The molecule has 1 aromatic rings. The maximum absolute atomic E-state index is 11.5. The second-order valence-electron chi connectivity index (χ2n) is 5.59. The Kier molecular flexibility index (Phi) is 5.00. The highest BCUT2D eigenvalue weighted by Gasteiger charge is 2.34. The van der Waals surface area contributed by atoms with Crippen LogP contribution in [-0.2, 0) is 9.53 Å². The molecule has 0 aliphatic heterocycles. The van der Waals surface area contributed by atoms with Gasteiger partial charge in [-0.25, -0.2) is 0 Å². The molecule has 0 saturated heterocycles. The molecule has 20 heavy (non-hydrogen) atoms. The number of carbonyl (C=O) groups excluding carboxylic acids is 1. The number of methoxy groups -OCH3 is 1. The van der Waals surface area contributed by atoms with Crippen LogP contribution in [0.3, 0.4) is 0 Å². The van der Waals surface area contributed by atoms with Crippen molar-refractivity contribution in [3.05, 3.63) is 40.4 Å². The molecule has 0 radical (unpaired) electrons. The first kappa shape index (κ1) is 15.3. The summed E-state index contributed by atoms with van der Waals surface area (Å²) in [7, 11) is 1.73. The van der Waals surface area contributed by atoms with Gasteiger partial charge in [-0.05, 0) is 59.9 Å². The first-order valence-electron chi connectivity index (χ1n) is 7.06. The molecule has 2 nitrogen and oxygen atoms in total. The molecular formula is C17H21ClO2. The van der Waals surface area contributed by atoms with Crippen LogP contribution in [0.1, 0.15) is 38.2 Å². The van der Waals surface area contributed by atoms with Crippen molar-refractivity contribution in [3.8, 4) is 0 Å². The highest BCUT2D eigenvalue weighted by Crippen LogP contribution is 2.44. The van der Waals surface area contributed by atoms with Crippen LogP contribution in [0.2, 0.25) is 5.02 Å². The van der Waals surface area contributed by atoms with E-state index < -0.39 is 0 Å². The lowest BCUT2D eigenvalue weighted by atomic mass is 9.69. The Balaban J connectivity index is 2.33. The van der Waals surface area contributed by atoms with Gasteiger partial charge in [0.2, 0.25) is 0 Å². The number of aldehydes is 1. The Labute approximate surface area is 125 Å². The van der Waals surface area contributed by atoms with E-state index in [1.807, 2.05) is 24.3 Å². The third-order valence-corrected chi connectivity index (χ3v) is 4.65. The quantitative estimate of drug-likeness (QED) is 0.746. The molecule has 3 heteroatoms. The van der Waals surface area contributed by atoms with Crippen molar-refractivity contribution in [1.29, 1.82) is 0 Å². The monoisotopic (exact) mass is 292 g/mol. The lowest BCUT2D eigenvalue weighted by molar-refractivity contribution is -0.105. The van der Waals surface area contributed by atoms with Crippen LogP contribution < -0.4 is 0 Å². The fourth-order valence-electron chi connectivity index (χ4n) is 3.08. The Hall–Kier alpha value is -1.12. The van der Waals surface area contributed by atoms with Crippen LogP contribution in [0, 0.1) is 5.41 Å². The van der Waals surface area contributed by atoms with E-state index in [1.54, 1.807) is 7.11 Å². The van der Waals surface area contributed by atoms with Crippen LogP contribution in [0.4, 0.5) is 0 Å². The van der Waals surface area contributed by atoms with Gasteiger partial charge in [-0.3, -0.25) is 4.79 Å². The smallest absolute Gasteiger partial charge is 0.146 e. The molecule has 0 spiro atoms. The highest BCUT2D eigenvalue weighted by atomic mass is 35.5. The minimum atomic E-state index is 0.112. The highest BCUT2D eigenvalue weighted by molar-refractivity contribution is 6.30. The van der Waals surface area contributed by atoms with Crippen LogP contribution in [0.15, 0.2) is 29.8 Å². The molecule has 0 aromatic heterocycles. The standard InChI is InChI=1S/C17H21ClO2/c1-3-17(12-20-2)9-8-16(14(10-17)11-19)13-4-6-15(18)7-5-13/h4-7,11H,3,8-10,12H2,1-2H3. The van der Waals surface area contributed by atoms with Gasteiger partial charge in [0.15, 0.2) is 0 Å². The zero-order valence-electron chi connectivity index (χ0n) is 12.1. The van der Waals surface area contributed by atoms with Gasteiger partial charge in [0.25, 0.3) is 0 Å². The maximum atomic E-state index is 11.5. The van der Waals surface area contributed by atoms with Crippen LogP contribution in [0.5, 0.6) is 0 Å². The fourth-order valence-corrected chi connectivity index (χ4v) is 3.20. The molecule has 1 aromatic carbocycles. The van der Waals surface area contributed by atoms with Gasteiger partial charge in [-0.1, -0.05) is 30.7 Å². The summed E-state index contributed by atoms with van der Waals surface area (Å²) >= 11 is 5.93. The largest absolute Gasteiger partial charge is 0.384 e.